The molecule has 0 fully saturated rings. The Morgan fingerprint density at radius 2 is 1.40 bits per heavy atom. The van der Waals surface area contributed by atoms with Gasteiger partial charge in [0.1, 0.15) is 11.0 Å². The van der Waals surface area contributed by atoms with Gasteiger partial charge in [0.15, 0.2) is 11.4 Å². The van der Waals surface area contributed by atoms with Crippen LogP contribution in [0.5, 0.6) is 0 Å². The van der Waals surface area contributed by atoms with Gasteiger partial charge in [-0.25, -0.2) is 30.4 Å². The number of ether oxygens (including phenoxy) is 2. The van der Waals surface area contributed by atoms with Crippen LogP contribution >= 0.6 is 34.8 Å². The number of hydrogen-bond acceptors (Lipinski definition) is 10. The van der Waals surface area contributed by atoms with Crippen LogP contribution in [0, 0.1) is 0 Å². The van der Waals surface area contributed by atoms with E-state index in [2.05, 4.69) is 34.8 Å². The van der Waals surface area contributed by atoms with Crippen molar-refractivity contribution < 1.29 is 19.1 Å². The molecule has 0 unspecified atom stereocenters. The number of esters is 2. The molecule has 0 aromatic carbocycles. The summed E-state index contributed by atoms with van der Waals surface area (Å²) in [6, 6.07) is 2.61. The zero-order chi connectivity index (χ0) is 19.0. The van der Waals surface area contributed by atoms with Crippen LogP contribution in [-0.2, 0) is 9.47 Å². The second kappa shape index (κ2) is 9.89. The average Bonchev–Trinajstić information content (AvgIpc) is 2.59. The number of nitrogens with one attached hydrogen (secondary N) is 1. The van der Waals surface area contributed by atoms with E-state index < -0.39 is 11.9 Å². The lowest BCUT2D eigenvalue weighted by atomic mass is 10.4. The second-order valence-corrected chi connectivity index (χ2v) is 4.94. The summed E-state index contributed by atoms with van der Waals surface area (Å²) in [6.45, 7) is 0. The highest BCUT2D eigenvalue weighted by Gasteiger charge is 2.10. The van der Waals surface area contributed by atoms with E-state index in [0.717, 1.165) is 0 Å². The molecule has 0 bridgehead atoms. The highest BCUT2D eigenvalue weighted by molar-refractivity contribution is 6.32. The molecule has 0 amide bonds. The number of methoxy groups -OCH3 is 2. The van der Waals surface area contributed by atoms with Crippen LogP contribution in [0.1, 0.15) is 21.0 Å². The zero-order valence-electron chi connectivity index (χ0n) is 12.8. The van der Waals surface area contributed by atoms with Gasteiger partial charge in [-0.3, -0.25) is 0 Å². The number of nitrogens with zero attached hydrogens (tertiary/aromatic N) is 4. The van der Waals surface area contributed by atoms with Gasteiger partial charge in [0.05, 0.1) is 14.2 Å². The van der Waals surface area contributed by atoms with Crippen LogP contribution in [0.15, 0.2) is 12.1 Å². The standard InChI is InChI=1S/C6H4Cl2N2O2.C6H7ClN4O2/c1-12-5(11)3-2-4(7)10-6(8)9-3;1-13-5(12)3-2-4(11-8)10-6(7)9-3/h2H,1H3;2H,8H2,1H3,(H,9,10,11). The van der Waals surface area contributed by atoms with Gasteiger partial charge in [-0.1, -0.05) is 11.6 Å². The molecule has 25 heavy (non-hydrogen) atoms. The molecule has 2 rings (SSSR count). The maximum absolute atomic E-state index is 11.0. The Kier molecular flexibility index (Phi) is 8.22. The first-order valence-corrected chi connectivity index (χ1v) is 7.32. The molecule has 13 heteroatoms. The summed E-state index contributed by atoms with van der Waals surface area (Å²) in [7, 11) is 2.49. The number of hydrazine groups is 1. The first-order valence-electron chi connectivity index (χ1n) is 6.18. The number of rotatable bonds is 3. The minimum absolute atomic E-state index is 0.0440. The van der Waals surface area contributed by atoms with Gasteiger partial charge in [-0.2, -0.15) is 4.98 Å². The lowest BCUT2D eigenvalue weighted by Crippen LogP contribution is -2.12. The summed E-state index contributed by atoms with van der Waals surface area (Å²) < 4.78 is 8.83. The third-order valence-electron chi connectivity index (χ3n) is 2.30. The summed E-state index contributed by atoms with van der Waals surface area (Å²) in [5.74, 6) is 4.14. The number of nitrogens with two attached hydrogens (primary N) is 1. The van der Waals surface area contributed by atoms with Crippen LogP contribution in [0.2, 0.25) is 15.7 Å². The van der Waals surface area contributed by atoms with Crippen molar-refractivity contribution in [3.05, 3.63) is 39.2 Å². The molecular formula is C12H11Cl3N6O4. The fourth-order valence-corrected chi connectivity index (χ4v) is 1.89. The van der Waals surface area contributed by atoms with Crippen molar-refractivity contribution in [2.45, 2.75) is 0 Å². The molecule has 0 aliphatic rings. The summed E-state index contributed by atoms with van der Waals surface area (Å²) in [6.07, 6.45) is 0. The Morgan fingerprint density at radius 1 is 0.920 bits per heavy atom. The predicted octanol–water partition coefficient (Wildman–Crippen LogP) is 1.77. The lowest BCUT2D eigenvalue weighted by Gasteiger charge is -2.01. The summed E-state index contributed by atoms with van der Waals surface area (Å²) in [4.78, 5) is 36.4. The van der Waals surface area contributed by atoms with Gasteiger partial charge in [0.2, 0.25) is 10.6 Å². The fraction of sp³-hybridized carbons (Fsp3) is 0.167. The van der Waals surface area contributed by atoms with Gasteiger partial charge in [0.25, 0.3) is 0 Å². The molecule has 0 saturated carbocycles. The Labute approximate surface area is 156 Å². The molecule has 3 N–H and O–H groups in total. The monoisotopic (exact) mass is 408 g/mol. The topological polar surface area (TPSA) is 142 Å². The van der Waals surface area contributed by atoms with E-state index in [1.54, 1.807) is 0 Å². The SMILES string of the molecule is COC(=O)c1cc(Cl)nc(Cl)n1.COC(=O)c1cc(NN)nc(Cl)n1. The van der Waals surface area contributed by atoms with Crippen LogP contribution in [0.3, 0.4) is 0 Å². The first kappa shape index (κ1) is 20.8. The predicted molar refractivity (Wildman–Crippen MR) is 89.6 cm³/mol. The minimum atomic E-state index is -0.596. The number of anilines is 1. The summed E-state index contributed by atoms with van der Waals surface area (Å²) in [5, 5.41) is -0.0471. The van der Waals surface area contributed by atoms with Crippen molar-refractivity contribution in [1.82, 2.24) is 19.9 Å². The zero-order valence-corrected chi connectivity index (χ0v) is 15.1. The molecule has 0 radical (unpaired) electrons. The van der Waals surface area contributed by atoms with Crippen LogP contribution in [0.25, 0.3) is 0 Å². The van der Waals surface area contributed by atoms with Gasteiger partial charge >= 0.3 is 11.9 Å². The smallest absolute Gasteiger partial charge is 0.356 e. The van der Waals surface area contributed by atoms with E-state index in [1.807, 2.05) is 0 Å². The van der Waals surface area contributed by atoms with Crippen molar-refractivity contribution in [2.75, 3.05) is 19.6 Å². The number of carbonyl (C=O) groups excluding carboxylic acids is 2. The van der Waals surface area contributed by atoms with E-state index in [9.17, 15) is 9.59 Å². The summed E-state index contributed by atoms with van der Waals surface area (Å²) >= 11 is 16.4. The molecule has 2 aromatic rings. The van der Waals surface area contributed by atoms with E-state index in [1.165, 1.54) is 26.4 Å². The maximum Gasteiger partial charge on any atom is 0.356 e. The van der Waals surface area contributed by atoms with Crippen LogP contribution < -0.4 is 11.3 Å². The Bertz CT molecular complexity index is 756. The number of hydrogen-bond donors (Lipinski definition) is 2. The molecule has 0 saturated heterocycles. The van der Waals surface area contributed by atoms with E-state index in [-0.39, 0.29) is 32.9 Å². The highest BCUT2D eigenvalue weighted by Crippen LogP contribution is 2.11. The molecule has 0 atom stereocenters. The minimum Gasteiger partial charge on any atom is -0.464 e. The van der Waals surface area contributed by atoms with Gasteiger partial charge in [-0.15, -0.1) is 0 Å². The lowest BCUT2D eigenvalue weighted by molar-refractivity contribution is 0.0585. The fourth-order valence-electron chi connectivity index (χ4n) is 1.30. The molecule has 0 aliphatic heterocycles. The van der Waals surface area contributed by atoms with Crippen molar-refractivity contribution in [2.24, 2.45) is 5.84 Å². The maximum atomic E-state index is 11.0. The number of aromatic nitrogens is 4. The van der Waals surface area contributed by atoms with Crippen LogP contribution in [0.4, 0.5) is 5.82 Å². The molecule has 2 heterocycles. The van der Waals surface area contributed by atoms with Crippen molar-refractivity contribution in [1.29, 1.82) is 0 Å². The Hall–Kier alpha value is -2.27. The normalized spacial score (nSPS) is 9.52. The first-order chi connectivity index (χ1) is 11.8. The van der Waals surface area contributed by atoms with E-state index in [4.69, 9.17) is 40.6 Å². The van der Waals surface area contributed by atoms with Gasteiger partial charge in [-0.05, 0) is 23.2 Å². The Balaban J connectivity index is 0.000000251. The molecule has 2 aromatic heterocycles. The van der Waals surface area contributed by atoms with Crippen LogP contribution in [-0.4, -0.2) is 46.1 Å². The van der Waals surface area contributed by atoms with Crippen molar-refractivity contribution in [3.63, 3.8) is 0 Å². The number of carbonyl (C=O) groups is 2. The third-order valence-corrected chi connectivity index (χ3v) is 2.84. The van der Waals surface area contributed by atoms with E-state index >= 15 is 0 Å². The molecule has 0 aliphatic carbocycles. The second-order valence-electron chi connectivity index (χ2n) is 3.88. The molecular weight excluding hydrogens is 399 g/mol. The Morgan fingerprint density at radius 3 is 1.84 bits per heavy atom. The molecule has 134 valence electrons. The van der Waals surface area contributed by atoms with Crippen molar-refractivity contribution >= 4 is 52.6 Å². The third kappa shape index (κ3) is 6.63. The molecule has 10 nitrogen and oxygen atoms in total. The largest absolute Gasteiger partial charge is 0.464 e. The highest BCUT2D eigenvalue weighted by atomic mass is 35.5. The average molecular weight is 410 g/mol. The van der Waals surface area contributed by atoms with E-state index in [0.29, 0.717) is 0 Å². The molecule has 0 spiro atoms. The van der Waals surface area contributed by atoms with Gasteiger partial charge < -0.3 is 14.9 Å². The van der Waals surface area contributed by atoms with Crippen molar-refractivity contribution in [3.8, 4) is 0 Å². The summed E-state index contributed by atoms with van der Waals surface area (Å²) in [5.41, 5.74) is 2.34. The number of nitrogen functional groups attached to an aromatic ring is 1. The van der Waals surface area contributed by atoms with Gasteiger partial charge in [0, 0.05) is 12.1 Å². The number of halogens is 3. The quantitative estimate of drug-likeness (QED) is 0.253.